The van der Waals surface area contributed by atoms with Gasteiger partial charge >= 0.3 is 0 Å². The lowest BCUT2D eigenvalue weighted by Gasteiger charge is -2.10. The Hall–Kier alpha value is -1.33. The van der Waals surface area contributed by atoms with E-state index in [1.54, 1.807) is 12.1 Å². The van der Waals surface area contributed by atoms with Crippen molar-refractivity contribution in [1.82, 2.24) is 9.19 Å². The van der Waals surface area contributed by atoms with E-state index in [9.17, 15) is 8.42 Å². The maximum Gasteiger partial charge on any atom is 0.282 e. The molecule has 102 valence electrons. The molecule has 0 aliphatic carbocycles. The lowest BCUT2D eigenvalue weighted by Crippen LogP contribution is -2.13. The van der Waals surface area contributed by atoms with Crippen molar-refractivity contribution in [3.05, 3.63) is 47.2 Å². The minimum Gasteiger partial charge on any atom is -0.199 e. The smallest absolute Gasteiger partial charge is 0.199 e. The molecule has 0 radical (unpaired) electrons. The Balaban J connectivity index is 2.37. The molecule has 0 aliphatic heterocycles. The highest BCUT2D eigenvalue weighted by Crippen LogP contribution is 2.21. The zero-order valence-electron chi connectivity index (χ0n) is 10.7. The summed E-state index contributed by atoms with van der Waals surface area (Å²) in [5.41, 5.74) is 1.12. The zero-order chi connectivity index (χ0) is 14.0. The largest absolute Gasteiger partial charge is 0.282 e. The van der Waals surface area contributed by atoms with Gasteiger partial charge in [0.1, 0.15) is 0 Å². The lowest BCUT2D eigenvalue weighted by molar-refractivity contribution is 0.580. The van der Waals surface area contributed by atoms with Crippen LogP contribution in [0.2, 0.25) is 5.02 Å². The van der Waals surface area contributed by atoms with Crippen LogP contribution in [0.4, 0.5) is 0 Å². The number of rotatable bonds is 4. The fourth-order valence-corrected chi connectivity index (χ4v) is 3.04. The van der Waals surface area contributed by atoms with E-state index in [1.807, 2.05) is 12.1 Å². The quantitative estimate of drug-likeness (QED) is 0.870. The average Bonchev–Trinajstić information content (AvgIpc) is 2.85. The van der Waals surface area contributed by atoms with Crippen molar-refractivity contribution in [2.24, 2.45) is 0 Å². The van der Waals surface area contributed by atoms with Crippen LogP contribution in [0.3, 0.4) is 0 Å². The summed E-state index contributed by atoms with van der Waals surface area (Å²) in [4.78, 5) is 0.208. The highest BCUT2D eigenvalue weighted by molar-refractivity contribution is 7.89. The Morgan fingerprint density at radius 2 is 1.95 bits per heavy atom. The van der Waals surface area contributed by atoms with Gasteiger partial charge in [0.25, 0.3) is 10.0 Å². The molecule has 0 fully saturated rings. The van der Waals surface area contributed by atoms with Crippen LogP contribution in [0.15, 0.2) is 41.6 Å². The fourth-order valence-electron chi connectivity index (χ4n) is 1.73. The molecule has 0 saturated carbocycles. The molecular weight excluding hydrogens is 284 g/mol. The van der Waals surface area contributed by atoms with Crippen LogP contribution in [0.5, 0.6) is 0 Å². The van der Waals surface area contributed by atoms with E-state index >= 15 is 0 Å². The van der Waals surface area contributed by atoms with Crippen molar-refractivity contribution in [2.75, 3.05) is 0 Å². The molecule has 6 heteroatoms. The molecule has 2 rings (SSSR count). The summed E-state index contributed by atoms with van der Waals surface area (Å²) < 4.78 is 25.4. The minimum atomic E-state index is -3.65. The van der Waals surface area contributed by atoms with Crippen molar-refractivity contribution >= 4 is 21.6 Å². The highest BCUT2D eigenvalue weighted by atomic mass is 35.5. The van der Waals surface area contributed by atoms with Crippen molar-refractivity contribution in [2.45, 2.75) is 31.1 Å². The van der Waals surface area contributed by atoms with Crippen molar-refractivity contribution < 1.29 is 8.42 Å². The maximum atomic E-state index is 12.2. The topological polar surface area (TPSA) is 52.0 Å². The van der Waals surface area contributed by atoms with E-state index in [0.717, 1.165) is 16.1 Å². The van der Waals surface area contributed by atoms with Gasteiger partial charge in [-0.25, -0.2) is 0 Å². The third-order valence-electron chi connectivity index (χ3n) is 3.13. The summed E-state index contributed by atoms with van der Waals surface area (Å²) in [6.45, 7) is 4.21. The average molecular weight is 299 g/mol. The van der Waals surface area contributed by atoms with Crippen LogP contribution in [-0.2, 0) is 10.0 Å². The normalized spacial score (nSPS) is 13.4. The summed E-state index contributed by atoms with van der Waals surface area (Å²) in [5, 5.41) is 4.03. The number of nitrogens with zero attached hydrogens (tertiary/aromatic N) is 2. The summed E-state index contributed by atoms with van der Waals surface area (Å²) in [6.07, 6.45) is 3.59. The van der Waals surface area contributed by atoms with E-state index in [-0.39, 0.29) is 4.90 Å². The molecule has 0 aliphatic rings. The van der Waals surface area contributed by atoms with Crippen LogP contribution < -0.4 is 0 Å². The van der Waals surface area contributed by atoms with Crippen LogP contribution in [0.25, 0.3) is 0 Å². The maximum absolute atomic E-state index is 12.2. The Morgan fingerprint density at radius 1 is 1.32 bits per heavy atom. The Morgan fingerprint density at radius 3 is 2.42 bits per heavy atom. The van der Waals surface area contributed by atoms with Crippen LogP contribution in [0, 0.1) is 0 Å². The molecule has 1 unspecified atom stereocenters. The number of aromatic nitrogens is 2. The van der Waals surface area contributed by atoms with Crippen LogP contribution >= 0.6 is 11.6 Å². The molecule has 4 nitrogen and oxygen atoms in total. The molecule has 2 aromatic rings. The summed E-state index contributed by atoms with van der Waals surface area (Å²) in [6, 6.07) is 6.89. The van der Waals surface area contributed by atoms with Gasteiger partial charge in [0.15, 0.2) is 0 Å². The molecule has 0 bridgehead atoms. The molecule has 0 N–H and O–H groups in total. The number of hydrogen-bond donors (Lipinski definition) is 0. The fraction of sp³-hybridized carbons (Fsp3) is 0.308. The molecule has 1 atom stereocenters. The van der Waals surface area contributed by atoms with Crippen molar-refractivity contribution in [1.29, 1.82) is 0 Å². The SMILES string of the molecule is CCC(C)c1ccc(S(=O)(=O)n2cc(Cl)cn2)cc1. The summed E-state index contributed by atoms with van der Waals surface area (Å²) in [5.74, 6) is 0.413. The van der Waals surface area contributed by atoms with Crippen molar-refractivity contribution in [3.8, 4) is 0 Å². The first kappa shape index (κ1) is 14.1. The monoisotopic (exact) mass is 298 g/mol. The number of halogens is 1. The van der Waals surface area contributed by atoms with E-state index in [0.29, 0.717) is 10.9 Å². The third kappa shape index (κ3) is 2.82. The van der Waals surface area contributed by atoms with Gasteiger partial charge in [-0.05, 0) is 30.0 Å². The predicted octanol–water partition coefficient (Wildman–Crippen LogP) is 3.29. The van der Waals surface area contributed by atoms with Gasteiger partial charge < -0.3 is 0 Å². The van der Waals surface area contributed by atoms with Gasteiger partial charge in [-0.3, -0.25) is 0 Å². The summed E-state index contributed by atoms with van der Waals surface area (Å²) in [7, 11) is -3.65. The molecule has 19 heavy (non-hydrogen) atoms. The molecular formula is C13H15ClN2O2S. The molecule has 0 amide bonds. The van der Waals surface area contributed by atoms with Gasteiger partial charge in [0.2, 0.25) is 0 Å². The van der Waals surface area contributed by atoms with E-state index in [2.05, 4.69) is 18.9 Å². The molecule has 1 aromatic heterocycles. The Labute approximate surface area is 118 Å². The minimum absolute atomic E-state index is 0.208. The van der Waals surface area contributed by atoms with Crippen molar-refractivity contribution in [3.63, 3.8) is 0 Å². The first-order valence-electron chi connectivity index (χ1n) is 6.01. The second-order valence-corrected chi connectivity index (χ2v) is 6.65. The van der Waals surface area contributed by atoms with E-state index < -0.39 is 10.0 Å². The van der Waals surface area contributed by atoms with Gasteiger partial charge in [0, 0.05) is 0 Å². The molecule has 0 spiro atoms. The molecule has 1 aromatic carbocycles. The first-order valence-corrected chi connectivity index (χ1v) is 7.82. The third-order valence-corrected chi connectivity index (χ3v) is 4.89. The van der Waals surface area contributed by atoms with E-state index in [4.69, 9.17) is 11.6 Å². The Kier molecular flexibility index (Phi) is 3.96. The highest BCUT2D eigenvalue weighted by Gasteiger charge is 2.18. The van der Waals surface area contributed by atoms with Crippen LogP contribution in [0.1, 0.15) is 31.7 Å². The predicted molar refractivity (Wildman–Crippen MR) is 75.0 cm³/mol. The summed E-state index contributed by atoms with van der Waals surface area (Å²) >= 11 is 5.69. The number of hydrogen-bond acceptors (Lipinski definition) is 3. The first-order chi connectivity index (χ1) is 8.95. The molecule has 1 heterocycles. The second kappa shape index (κ2) is 5.35. The van der Waals surface area contributed by atoms with E-state index in [1.165, 1.54) is 12.4 Å². The van der Waals surface area contributed by atoms with Crippen LogP contribution in [-0.4, -0.2) is 17.6 Å². The van der Waals surface area contributed by atoms with Gasteiger partial charge in [-0.1, -0.05) is 37.6 Å². The second-order valence-electron chi connectivity index (χ2n) is 4.41. The van der Waals surface area contributed by atoms with Gasteiger partial charge in [-0.15, -0.1) is 0 Å². The lowest BCUT2D eigenvalue weighted by atomic mass is 9.99. The number of benzene rings is 1. The standard InChI is InChI=1S/C13H15ClN2O2S/c1-3-10(2)11-4-6-13(7-5-11)19(17,18)16-9-12(14)8-15-16/h4-10H,3H2,1-2H3. The van der Waals surface area contributed by atoms with Gasteiger partial charge in [-0.2, -0.15) is 17.6 Å². The zero-order valence-corrected chi connectivity index (χ0v) is 12.3. The van der Waals surface area contributed by atoms with Gasteiger partial charge in [0.05, 0.1) is 22.3 Å². The molecule has 0 saturated heterocycles. The Bertz CT molecular complexity index is 662.